The molecule has 4 heteroatoms. The minimum Gasteiger partial charge on any atom is -0.457 e. The van der Waals surface area contributed by atoms with E-state index in [9.17, 15) is 4.79 Å². The summed E-state index contributed by atoms with van der Waals surface area (Å²) in [5.41, 5.74) is 5.38. The lowest BCUT2D eigenvalue weighted by atomic mass is 10.2. The fourth-order valence-corrected chi connectivity index (χ4v) is 0.619. The Bertz CT molecular complexity index is 194. The smallest absolute Gasteiger partial charge is 0.333 e. The van der Waals surface area contributed by atoms with Gasteiger partial charge in [-0.3, -0.25) is 0 Å². The van der Waals surface area contributed by atoms with E-state index < -0.39 is 5.60 Å². The van der Waals surface area contributed by atoms with Crippen LogP contribution in [0, 0.1) is 0 Å². The molecule has 0 radical (unpaired) electrons. The molecule has 0 aliphatic heterocycles. The van der Waals surface area contributed by atoms with Crippen molar-refractivity contribution in [3.63, 3.8) is 0 Å². The van der Waals surface area contributed by atoms with Gasteiger partial charge in [0.15, 0.2) is 0 Å². The molecule has 2 N–H and O–H groups in total. The molecule has 78 valence electrons. The van der Waals surface area contributed by atoms with E-state index in [2.05, 4.69) is 0 Å². The van der Waals surface area contributed by atoms with Crippen LogP contribution in [0.4, 0.5) is 0 Å². The summed E-state index contributed by atoms with van der Waals surface area (Å²) in [6.07, 6.45) is 1.65. The van der Waals surface area contributed by atoms with Crippen molar-refractivity contribution < 1.29 is 9.53 Å². The maximum atomic E-state index is 11.2. The lowest BCUT2D eigenvalue weighted by Gasteiger charge is -2.19. The summed E-state index contributed by atoms with van der Waals surface area (Å²) < 4.78 is 5.09. The third kappa shape index (κ3) is 7.81. The highest BCUT2D eigenvalue weighted by atomic mass is 35.5. The zero-order chi connectivity index (χ0) is 9.78. The largest absolute Gasteiger partial charge is 0.457 e. The van der Waals surface area contributed by atoms with Gasteiger partial charge in [0, 0.05) is 12.1 Å². The molecule has 0 unspecified atom stereocenters. The van der Waals surface area contributed by atoms with Gasteiger partial charge in [-0.15, -0.1) is 12.4 Å². The van der Waals surface area contributed by atoms with Gasteiger partial charge in [-0.1, -0.05) is 6.08 Å². The van der Waals surface area contributed by atoms with Crippen molar-refractivity contribution in [1.29, 1.82) is 0 Å². The third-order valence-corrected chi connectivity index (χ3v) is 1.14. The fraction of sp³-hybridized carbons (Fsp3) is 0.667. The predicted molar refractivity (Wildman–Crippen MR) is 55.9 cm³/mol. The zero-order valence-electron chi connectivity index (χ0n) is 8.59. The van der Waals surface area contributed by atoms with Gasteiger partial charge in [0.1, 0.15) is 5.60 Å². The first kappa shape index (κ1) is 15.0. The average Bonchev–Trinajstić information content (AvgIpc) is 1.84. The monoisotopic (exact) mass is 207 g/mol. The zero-order valence-corrected chi connectivity index (χ0v) is 9.40. The van der Waals surface area contributed by atoms with Crippen molar-refractivity contribution in [3.8, 4) is 0 Å². The lowest BCUT2D eigenvalue weighted by Crippen LogP contribution is -2.24. The number of hydrogen-bond donors (Lipinski definition) is 1. The second-order valence-corrected chi connectivity index (χ2v) is 3.62. The van der Waals surface area contributed by atoms with E-state index in [1.165, 1.54) is 0 Å². The molecular weight excluding hydrogens is 190 g/mol. The normalized spacial score (nSPS) is 11.9. The highest BCUT2D eigenvalue weighted by Crippen LogP contribution is 2.09. The summed E-state index contributed by atoms with van der Waals surface area (Å²) in [5, 5.41) is 0. The molecule has 0 saturated heterocycles. The third-order valence-electron chi connectivity index (χ3n) is 1.14. The first-order valence-corrected chi connectivity index (χ1v) is 3.97. The Hall–Kier alpha value is -0.540. The van der Waals surface area contributed by atoms with Crippen molar-refractivity contribution in [2.75, 3.05) is 6.54 Å². The number of rotatable bonds is 2. The van der Waals surface area contributed by atoms with Crippen LogP contribution in [0.25, 0.3) is 0 Å². The number of hydrogen-bond acceptors (Lipinski definition) is 3. The van der Waals surface area contributed by atoms with Gasteiger partial charge < -0.3 is 10.5 Å². The van der Waals surface area contributed by atoms with Crippen LogP contribution in [-0.4, -0.2) is 18.1 Å². The Balaban J connectivity index is 0. The Morgan fingerprint density at radius 1 is 1.46 bits per heavy atom. The molecule has 0 amide bonds. The topological polar surface area (TPSA) is 52.3 Å². The average molecular weight is 208 g/mol. The Morgan fingerprint density at radius 2 is 1.92 bits per heavy atom. The van der Waals surface area contributed by atoms with E-state index in [4.69, 9.17) is 10.5 Å². The van der Waals surface area contributed by atoms with E-state index >= 15 is 0 Å². The second-order valence-electron chi connectivity index (χ2n) is 3.62. The molecule has 0 saturated carbocycles. The van der Waals surface area contributed by atoms with Gasteiger partial charge in [0.05, 0.1) is 0 Å². The summed E-state index contributed by atoms with van der Waals surface area (Å²) in [6, 6.07) is 0. The molecule has 0 aromatic heterocycles. The van der Waals surface area contributed by atoms with Gasteiger partial charge in [-0.05, 0) is 27.7 Å². The number of esters is 1. The first-order valence-electron chi connectivity index (χ1n) is 3.97. The summed E-state index contributed by atoms with van der Waals surface area (Å²) in [4.78, 5) is 11.2. The molecule has 0 aromatic carbocycles. The minimum absolute atomic E-state index is 0. The van der Waals surface area contributed by atoms with Crippen LogP contribution < -0.4 is 5.73 Å². The molecule has 3 nitrogen and oxygen atoms in total. The Labute approximate surface area is 85.7 Å². The summed E-state index contributed by atoms with van der Waals surface area (Å²) in [5.74, 6) is -0.298. The van der Waals surface area contributed by atoms with Crippen LogP contribution >= 0.6 is 12.4 Å². The Kier molecular flexibility index (Phi) is 6.90. The summed E-state index contributed by atoms with van der Waals surface area (Å²) >= 11 is 0. The molecule has 0 rings (SSSR count). The quantitative estimate of drug-likeness (QED) is 0.554. The van der Waals surface area contributed by atoms with Crippen LogP contribution in [-0.2, 0) is 9.53 Å². The summed E-state index contributed by atoms with van der Waals surface area (Å²) in [6.45, 7) is 7.56. The van der Waals surface area contributed by atoms with Crippen molar-refractivity contribution >= 4 is 18.4 Å². The lowest BCUT2D eigenvalue weighted by molar-refractivity contribution is -0.149. The number of halogens is 1. The highest BCUT2D eigenvalue weighted by Gasteiger charge is 2.16. The van der Waals surface area contributed by atoms with Gasteiger partial charge in [0.25, 0.3) is 0 Å². The molecule has 13 heavy (non-hydrogen) atoms. The first-order chi connectivity index (χ1) is 5.37. The fourth-order valence-electron chi connectivity index (χ4n) is 0.619. The van der Waals surface area contributed by atoms with E-state index in [0.29, 0.717) is 12.1 Å². The standard InChI is InChI=1S/C9H17NO2.ClH/c1-7(5-6-10)8(11)12-9(2,3)4;/h5H,6,10H2,1-4H3;1H. The van der Waals surface area contributed by atoms with Crippen LogP contribution in [0.1, 0.15) is 27.7 Å². The number of carbonyl (C=O) groups excluding carboxylic acids is 1. The van der Waals surface area contributed by atoms with Gasteiger partial charge >= 0.3 is 5.97 Å². The van der Waals surface area contributed by atoms with Crippen molar-refractivity contribution in [2.45, 2.75) is 33.3 Å². The van der Waals surface area contributed by atoms with Crippen molar-refractivity contribution in [2.24, 2.45) is 5.73 Å². The minimum atomic E-state index is -0.430. The van der Waals surface area contributed by atoms with E-state index in [1.807, 2.05) is 20.8 Å². The van der Waals surface area contributed by atoms with Crippen LogP contribution in [0.15, 0.2) is 11.6 Å². The molecule has 0 heterocycles. The van der Waals surface area contributed by atoms with Gasteiger partial charge in [-0.2, -0.15) is 0 Å². The number of ether oxygens (including phenoxy) is 1. The Morgan fingerprint density at radius 3 is 2.23 bits per heavy atom. The summed E-state index contributed by atoms with van der Waals surface area (Å²) in [7, 11) is 0. The van der Waals surface area contributed by atoms with Crippen LogP contribution in [0.5, 0.6) is 0 Å². The molecule has 0 spiro atoms. The number of nitrogens with two attached hydrogens (primary N) is 1. The molecule has 0 atom stereocenters. The maximum Gasteiger partial charge on any atom is 0.333 e. The molecule has 0 bridgehead atoms. The van der Waals surface area contributed by atoms with Crippen LogP contribution in [0.2, 0.25) is 0 Å². The molecule has 0 aromatic rings. The number of carbonyl (C=O) groups is 1. The van der Waals surface area contributed by atoms with Crippen molar-refractivity contribution in [1.82, 2.24) is 0 Å². The SMILES string of the molecule is CC(=CCN)C(=O)OC(C)(C)C.Cl. The van der Waals surface area contributed by atoms with Gasteiger partial charge in [-0.25, -0.2) is 4.79 Å². The predicted octanol–water partition coefficient (Wildman–Crippen LogP) is 1.65. The highest BCUT2D eigenvalue weighted by molar-refractivity contribution is 5.88. The molecule has 0 fully saturated rings. The van der Waals surface area contributed by atoms with Crippen LogP contribution in [0.3, 0.4) is 0 Å². The second kappa shape index (κ2) is 6.00. The van der Waals surface area contributed by atoms with E-state index in [1.54, 1.807) is 13.0 Å². The van der Waals surface area contributed by atoms with E-state index in [-0.39, 0.29) is 18.4 Å². The van der Waals surface area contributed by atoms with Crippen molar-refractivity contribution in [3.05, 3.63) is 11.6 Å². The maximum absolute atomic E-state index is 11.2. The molecule has 0 aliphatic rings. The van der Waals surface area contributed by atoms with Gasteiger partial charge in [0.2, 0.25) is 0 Å². The van der Waals surface area contributed by atoms with E-state index in [0.717, 1.165) is 0 Å². The molecule has 0 aliphatic carbocycles. The molecular formula is C9H18ClNO2.